The lowest BCUT2D eigenvalue weighted by Gasteiger charge is -2.35. The molecule has 0 spiro atoms. The smallest absolute Gasteiger partial charge is 0.242 e. The Balaban J connectivity index is 1.73. The van der Waals surface area contributed by atoms with Gasteiger partial charge in [-0.3, -0.25) is 9.69 Å². The molecule has 20 heavy (non-hydrogen) atoms. The van der Waals surface area contributed by atoms with Crippen LogP contribution in [0.3, 0.4) is 0 Å². The zero-order valence-electron chi connectivity index (χ0n) is 13.0. The highest BCUT2D eigenvalue weighted by Crippen LogP contribution is 2.32. The molecule has 3 saturated heterocycles. The number of amides is 1. The molecule has 3 heterocycles. The molecule has 4 nitrogen and oxygen atoms in total. The molecule has 3 aliphatic heterocycles. The second kappa shape index (κ2) is 5.64. The lowest BCUT2D eigenvalue weighted by molar-refractivity contribution is -0.138. The summed E-state index contributed by atoms with van der Waals surface area (Å²) in [6, 6.07) is 1.29. The van der Waals surface area contributed by atoms with Gasteiger partial charge < -0.3 is 10.2 Å². The Hall–Kier alpha value is -0.610. The van der Waals surface area contributed by atoms with Gasteiger partial charge >= 0.3 is 0 Å². The highest BCUT2D eigenvalue weighted by molar-refractivity contribution is 5.87. The van der Waals surface area contributed by atoms with Gasteiger partial charge in [0, 0.05) is 25.2 Å². The van der Waals surface area contributed by atoms with Crippen LogP contribution in [-0.4, -0.2) is 60.0 Å². The molecule has 3 fully saturated rings. The maximum atomic E-state index is 13.1. The van der Waals surface area contributed by atoms with E-state index < -0.39 is 0 Å². The number of hydrogen-bond donors (Lipinski definition) is 1. The summed E-state index contributed by atoms with van der Waals surface area (Å²) in [6.45, 7) is 5.09. The van der Waals surface area contributed by atoms with Crippen molar-refractivity contribution in [1.82, 2.24) is 15.1 Å². The Bertz CT molecular complexity index is 365. The third kappa shape index (κ3) is 2.37. The maximum Gasteiger partial charge on any atom is 0.242 e. The number of hydrogen-bond acceptors (Lipinski definition) is 3. The van der Waals surface area contributed by atoms with Gasteiger partial charge in [-0.05, 0) is 52.1 Å². The first-order valence-electron chi connectivity index (χ1n) is 8.42. The standard InChI is InChI=1S/C16H29N3O/c1-3-8-16(9-4-10-17-16)15(20)19-11-7-13-5-6-14(12-19)18(13)2/h13-14,17H,3-12H2,1-2H3. The van der Waals surface area contributed by atoms with Gasteiger partial charge in [-0.25, -0.2) is 0 Å². The fourth-order valence-electron chi connectivity index (χ4n) is 4.53. The van der Waals surface area contributed by atoms with E-state index in [1.165, 1.54) is 12.8 Å². The lowest BCUT2D eigenvalue weighted by Crippen LogP contribution is -2.56. The summed E-state index contributed by atoms with van der Waals surface area (Å²) < 4.78 is 0. The van der Waals surface area contributed by atoms with Crippen LogP contribution < -0.4 is 5.32 Å². The Morgan fingerprint density at radius 1 is 1.30 bits per heavy atom. The van der Waals surface area contributed by atoms with Crippen LogP contribution in [0.5, 0.6) is 0 Å². The van der Waals surface area contributed by atoms with Crippen molar-refractivity contribution in [2.45, 2.75) is 69.5 Å². The average molecular weight is 279 g/mol. The second-order valence-electron chi connectivity index (χ2n) is 6.95. The molecule has 3 unspecified atom stereocenters. The number of nitrogens with one attached hydrogen (secondary N) is 1. The molecule has 0 aromatic rings. The number of nitrogens with zero attached hydrogens (tertiary/aromatic N) is 2. The average Bonchev–Trinajstić information content (AvgIpc) is 2.97. The van der Waals surface area contributed by atoms with Gasteiger partial charge in [-0.1, -0.05) is 13.3 Å². The summed E-state index contributed by atoms with van der Waals surface area (Å²) >= 11 is 0. The van der Waals surface area contributed by atoms with E-state index in [9.17, 15) is 4.79 Å². The van der Waals surface area contributed by atoms with Gasteiger partial charge in [0.25, 0.3) is 0 Å². The molecule has 0 aromatic carbocycles. The fraction of sp³-hybridized carbons (Fsp3) is 0.938. The fourth-order valence-corrected chi connectivity index (χ4v) is 4.53. The van der Waals surface area contributed by atoms with Crippen molar-refractivity contribution in [3.8, 4) is 0 Å². The lowest BCUT2D eigenvalue weighted by atomic mass is 9.89. The van der Waals surface area contributed by atoms with Crippen molar-refractivity contribution in [2.24, 2.45) is 0 Å². The minimum atomic E-state index is -0.239. The third-order valence-corrected chi connectivity index (χ3v) is 5.77. The summed E-state index contributed by atoms with van der Waals surface area (Å²) in [5, 5.41) is 3.54. The van der Waals surface area contributed by atoms with Crippen LogP contribution in [0, 0.1) is 0 Å². The van der Waals surface area contributed by atoms with Crippen LogP contribution in [0.1, 0.15) is 51.9 Å². The van der Waals surface area contributed by atoms with Gasteiger partial charge in [0.2, 0.25) is 5.91 Å². The molecule has 3 rings (SSSR count). The van der Waals surface area contributed by atoms with Crippen LogP contribution in [0.2, 0.25) is 0 Å². The first kappa shape index (κ1) is 14.3. The number of likely N-dealkylation sites (tertiary alicyclic amines) is 1. The summed E-state index contributed by atoms with van der Waals surface area (Å²) in [5.74, 6) is 0.387. The van der Waals surface area contributed by atoms with E-state index in [0.717, 1.165) is 51.7 Å². The topological polar surface area (TPSA) is 35.6 Å². The highest BCUT2D eigenvalue weighted by atomic mass is 16.2. The van der Waals surface area contributed by atoms with Crippen LogP contribution >= 0.6 is 0 Å². The van der Waals surface area contributed by atoms with Crippen LogP contribution in [0.4, 0.5) is 0 Å². The number of rotatable bonds is 3. The van der Waals surface area contributed by atoms with E-state index in [-0.39, 0.29) is 5.54 Å². The zero-order valence-corrected chi connectivity index (χ0v) is 13.0. The van der Waals surface area contributed by atoms with E-state index in [1.54, 1.807) is 0 Å². The van der Waals surface area contributed by atoms with Crippen molar-refractivity contribution in [1.29, 1.82) is 0 Å². The molecular weight excluding hydrogens is 250 g/mol. The van der Waals surface area contributed by atoms with E-state index in [1.807, 2.05) is 0 Å². The molecule has 0 aliphatic carbocycles. The van der Waals surface area contributed by atoms with Gasteiger partial charge in [0.1, 0.15) is 0 Å². The summed E-state index contributed by atoms with van der Waals surface area (Å²) in [4.78, 5) is 17.8. The van der Waals surface area contributed by atoms with Gasteiger partial charge in [0.15, 0.2) is 0 Å². The van der Waals surface area contributed by atoms with E-state index in [0.29, 0.717) is 18.0 Å². The first-order valence-corrected chi connectivity index (χ1v) is 8.42. The Kier molecular flexibility index (Phi) is 4.04. The minimum absolute atomic E-state index is 0.239. The molecule has 1 N–H and O–H groups in total. The van der Waals surface area contributed by atoms with Crippen molar-refractivity contribution in [2.75, 3.05) is 26.7 Å². The number of carbonyl (C=O) groups is 1. The van der Waals surface area contributed by atoms with Crippen molar-refractivity contribution in [3.05, 3.63) is 0 Å². The Morgan fingerprint density at radius 3 is 2.80 bits per heavy atom. The molecule has 0 radical (unpaired) electrons. The van der Waals surface area contributed by atoms with Crippen molar-refractivity contribution >= 4 is 5.91 Å². The molecule has 3 aliphatic rings. The van der Waals surface area contributed by atoms with E-state index >= 15 is 0 Å². The van der Waals surface area contributed by atoms with E-state index in [2.05, 4.69) is 29.1 Å². The molecule has 4 heteroatoms. The molecule has 1 amide bonds. The minimum Gasteiger partial charge on any atom is -0.339 e. The SMILES string of the molecule is CCCC1(C(=O)N2CCC3CCC(C2)N3C)CCCN1. The van der Waals surface area contributed by atoms with Crippen LogP contribution in [0.15, 0.2) is 0 Å². The largest absolute Gasteiger partial charge is 0.339 e. The van der Waals surface area contributed by atoms with Gasteiger partial charge in [0.05, 0.1) is 5.54 Å². The van der Waals surface area contributed by atoms with Crippen LogP contribution in [-0.2, 0) is 4.79 Å². The monoisotopic (exact) mass is 279 g/mol. The first-order chi connectivity index (χ1) is 9.66. The Morgan fingerprint density at radius 2 is 2.10 bits per heavy atom. The molecule has 3 atom stereocenters. The van der Waals surface area contributed by atoms with Crippen molar-refractivity contribution < 1.29 is 4.79 Å². The van der Waals surface area contributed by atoms with Gasteiger partial charge in [-0.15, -0.1) is 0 Å². The molecule has 0 aromatic heterocycles. The van der Waals surface area contributed by atoms with Crippen molar-refractivity contribution in [3.63, 3.8) is 0 Å². The summed E-state index contributed by atoms with van der Waals surface area (Å²) in [7, 11) is 2.24. The molecule has 2 bridgehead atoms. The second-order valence-corrected chi connectivity index (χ2v) is 6.95. The Labute approximate surface area is 122 Å². The highest BCUT2D eigenvalue weighted by Gasteiger charge is 2.45. The number of carbonyl (C=O) groups excluding carboxylic acids is 1. The van der Waals surface area contributed by atoms with Gasteiger partial charge in [-0.2, -0.15) is 0 Å². The third-order valence-electron chi connectivity index (χ3n) is 5.77. The maximum absolute atomic E-state index is 13.1. The molecular formula is C16H29N3O. The summed E-state index contributed by atoms with van der Waals surface area (Å²) in [6.07, 6.45) is 7.98. The van der Waals surface area contributed by atoms with E-state index in [4.69, 9.17) is 0 Å². The predicted molar refractivity (Wildman–Crippen MR) is 80.6 cm³/mol. The predicted octanol–water partition coefficient (Wildman–Crippen LogP) is 1.60. The number of likely N-dealkylation sites (N-methyl/N-ethyl adjacent to an activating group) is 1. The zero-order chi connectivity index (χ0) is 14.2. The molecule has 0 saturated carbocycles. The number of fused-ring (bicyclic) bond motifs is 2. The quantitative estimate of drug-likeness (QED) is 0.852. The molecule has 114 valence electrons. The summed E-state index contributed by atoms with van der Waals surface area (Å²) in [5.41, 5.74) is -0.239. The normalized spacial score (nSPS) is 38.2. The van der Waals surface area contributed by atoms with Crippen LogP contribution in [0.25, 0.3) is 0 Å².